The van der Waals surface area contributed by atoms with Crippen LogP contribution in [0.15, 0.2) is 47.1 Å². The predicted octanol–water partition coefficient (Wildman–Crippen LogP) is 3.47. The third-order valence-corrected chi connectivity index (χ3v) is 5.85. The number of furan rings is 1. The number of nitrogens with one attached hydrogen (secondary N) is 3. The molecule has 2 aliphatic rings. The van der Waals surface area contributed by atoms with Crippen molar-refractivity contribution in [1.29, 1.82) is 0 Å². The van der Waals surface area contributed by atoms with E-state index in [2.05, 4.69) is 16.0 Å². The summed E-state index contributed by atoms with van der Waals surface area (Å²) in [5, 5.41) is 8.38. The number of carbonyl (C=O) groups excluding carboxylic acids is 3. The molecular formula is C23H29N5O4. The number of benzene rings is 1. The molecule has 170 valence electrons. The van der Waals surface area contributed by atoms with Crippen LogP contribution in [0.2, 0.25) is 0 Å². The first kappa shape index (κ1) is 21.7. The van der Waals surface area contributed by atoms with Gasteiger partial charge in [0.05, 0.1) is 18.7 Å². The lowest BCUT2D eigenvalue weighted by molar-refractivity contribution is -0.121. The van der Waals surface area contributed by atoms with Crippen molar-refractivity contribution in [3.8, 4) is 0 Å². The van der Waals surface area contributed by atoms with Crippen LogP contribution in [-0.4, -0.2) is 53.9 Å². The molecule has 0 saturated carbocycles. The summed E-state index contributed by atoms with van der Waals surface area (Å²) in [6.07, 6.45) is 5.26. The Balaban J connectivity index is 1.24. The van der Waals surface area contributed by atoms with E-state index in [9.17, 15) is 14.4 Å². The molecule has 9 heteroatoms. The smallest absolute Gasteiger partial charge is 0.320 e. The molecule has 5 amide bonds. The van der Waals surface area contributed by atoms with Gasteiger partial charge in [0.15, 0.2) is 0 Å². The predicted molar refractivity (Wildman–Crippen MR) is 120 cm³/mol. The molecule has 0 unspecified atom stereocenters. The third kappa shape index (κ3) is 5.60. The maximum atomic E-state index is 12.8. The van der Waals surface area contributed by atoms with E-state index in [1.165, 1.54) is 0 Å². The maximum Gasteiger partial charge on any atom is 0.320 e. The Bertz CT molecular complexity index is 922. The van der Waals surface area contributed by atoms with E-state index >= 15 is 0 Å². The fourth-order valence-corrected chi connectivity index (χ4v) is 4.11. The molecule has 2 aromatic rings. The van der Waals surface area contributed by atoms with Gasteiger partial charge in [0.2, 0.25) is 5.91 Å². The van der Waals surface area contributed by atoms with E-state index in [4.69, 9.17) is 4.42 Å². The van der Waals surface area contributed by atoms with Gasteiger partial charge < -0.3 is 30.2 Å². The lowest BCUT2D eigenvalue weighted by Crippen LogP contribution is -2.48. The van der Waals surface area contributed by atoms with Crippen LogP contribution in [0.3, 0.4) is 0 Å². The molecule has 32 heavy (non-hydrogen) atoms. The summed E-state index contributed by atoms with van der Waals surface area (Å²) in [6.45, 7) is 3.09. The molecule has 1 atom stereocenters. The van der Waals surface area contributed by atoms with E-state index < -0.39 is 0 Å². The van der Waals surface area contributed by atoms with Gasteiger partial charge in [-0.3, -0.25) is 4.79 Å². The summed E-state index contributed by atoms with van der Waals surface area (Å²) in [5.41, 5.74) is 1.26. The minimum Gasteiger partial charge on any atom is -0.467 e. The third-order valence-electron chi connectivity index (χ3n) is 5.85. The maximum absolute atomic E-state index is 12.8. The first-order valence-electron chi connectivity index (χ1n) is 11.1. The van der Waals surface area contributed by atoms with Crippen molar-refractivity contribution in [2.24, 2.45) is 5.92 Å². The highest BCUT2D eigenvalue weighted by Gasteiger charge is 2.31. The van der Waals surface area contributed by atoms with Crippen LogP contribution in [0.1, 0.15) is 31.4 Å². The highest BCUT2D eigenvalue weighted by molar-refractivity contribution is 5.94. The van der Waals surface area contributed by atoms with Gasteiger partial charge in [-0.05, 0) is 62.1 Å². The first-order chi connectivity index (χ1) is 15.6. The first-order valence-corrected chi connectivity index (χ1v) is 11.1. The second-order valence-electron chi connectivity index (χ2n) is 8.22. The Morgan fingerprint density at radius 1 is 0.906 bits per heavy atom. The number of piperidine rings is 1. The van der Waals surface area contributed by atoms with Gasteiger partial charge in [-0.1, -0.05) is 0 Å². The molecule has 2 aliphatic heterocycles. The van der Waals surface area contributed by atoms with Crippen LogP contribution >= 0.6 is 0 Å². The molecule has 3 heterocycles. The van der Waals surface area contributed by atoms with Gasteiger partial charge in [-0.2, -0.15) is 0 Å². The van der Waals surface area contributed by atoms with E-state index in [0.717, 1.165) is 38.8 Å². The molecule has 9 nitrogen and oxygen atoms in total. The average Bonchev–Trinajstić information content (AvgIpc) is 3.53. The van der Waals surface area contributed by atoms with Crippen LogP contribution < -0.4 is 16.0 Å². The molecule has 4 rings (SSSR count). The van der Waals surface area contributed by atoms with Crippen molar-refractivity contribution < 1.29 is 18.8 Å². The summed E-state index contributed by atoms with van der Waals surface area (Å²) in [7, 11) is 0. The number of nitrogens with zero attached hydrogens (tertiary/aromatic N) is 2. The summed E-state index contributed by atoms with van der Waals surface area (Å²) < 4.78 is 5.18. The fourth-order valence-electron chi connectivity index (χ4n) is 4.11. The fraction of sp³-hybridized carbons (Fsp3) is 0.435. The Kier molecular flexibility index (Phi) is 6.94. The van der Waals surface area contributed by atoms with Crippen molar-refractivity contribution in [3.63, 3.8) is 0 Å². The molecule has 0 bridgehead atoms. The molecule has 1 aromatic carbocycles. The molecule has 0 aliphatic carbocycles. The van der Waals surface area contributed by atoms with Gasteiger partial charge in [-0.15, -0.1) is 0 Å². The Labute approximate surface area is 187 Å². The molecule has 2 fully saturated rings. The molecule has 0 spiro atoms. The van der Waals surface area contributed by atoms with Crippen LogP contribution in [0.4, 0.5) is 21.0 Å². The SMILES string of the molecule is O=C(NCc1ccco1)Nc1ccc(NC(=O)[C@H]2CCCN(C(=O)N3CCCC3)C2)cc1. The van der Waals surface area contributed by atoms with Gasteiger partial charge in [0, 0.05) is 37.6 Å². The van der Waals surface area contributed by atoms with Crippen LogP contribution in [-0.2, 0) is 11.3 Å². The topological polar surface area (TPSA) is 107 Å². The monoisotopic (exact) mass is 439 g/mol. The minimum atomic E-state index is -0.344. The summed E-state index contributed by atoms with van der Waals surface area (Å²) >= 11 is 0. The van der Waals surface area contributed by atoms with Gasteiger partial charge in [-0.25, -0.2) is 9.59 Å². The molecule has 1 aromatic heterocycles. The van der Waals surface area contributed by atoms with Crippen molar-refractivity contribution in [3.05, 3.63) is 48.4 Å². The van der Waals surface area contributed by atoms with E-state index in [1.807, 2.05) is 9.80 Å². The van der Waals surface area contributed by atoms with Crippen molar-refractivity contribution in [2.75, 3.05) is 36.8 Å². The lowest BCUT2D eigenvalue weighted by Gasteiger charge is -2.34. The zero-order valence-electron chi connectivity index (χ0n) is 18.0. The van der Waals surface area contributed by atoms with Crippen LogP contribution in [0.5, 0.6) is 0 Å². The second kappa shape index (κ2) is 10.2. The minimum absolute atomic E-state index is 0.0563. The van der Waals surface area contributed by atoms with E-state index in [0.29, 0.717) is 36.8 Å². The Hall–Kier alpha value is -3.49. The second-order valence-corrected chi connectivity index (χ2v) is 8.22. The van der Waals surface area contributed by atoms with Crippen molar-refractivity contribution >= 4 is 29.3 Å². The Morgan fingerprint density at radius 3 is 2.28 bits per heavy atom. The lowest BCUT2D eigenvalue weighted by atomic mass is 9.97. The molecule has 3 N–H and O–H groups in total. The molecule has 0 radical (unpaired) electrons. The highest BCUT2D eigenvalue weighted by Crippen LogP contribution is 2.22. The number of carbonyl (C=O) groups is 3. The zero-order chi connectivity index (χ0) is 22.3. The summed E-state index contributed by atoms with van der Waals surface area (Å²) in [5.74, 6) is 0.364. The zero-order valence-corrected chi connectivity index (χ0v) is 18.0. The summed E-state index contributed by atoms with van der Waals surface area (Å²) in [6, 6.07) is 10.2. The van der Waals surface area contributed by atoms with Crippen molar-refractivity contribution in [2.45, 2.75) is 32.2 Å². The Morgan fingerprint density at radius 2 is 1.59 bits per heavy atom. The number of amides is 5. The summed E-state index contributed by atoms with van der Waals surface area (Å²) in [4.78, 5) is 41.1. The van der Waals surface area contributed by atoms with Gasteiger partial charge in [0.25, 0.3) is 0 Å². The standard InChI is InChI=1S/C23H29N5O4/c29-21(17-5-3-13-28(16-17)23(31)27-11-1-2-12-27)25-18-7-9-19(10-8-18)26-22(30)24-15-20-6-4-14-32-20/h4,6-10,14,17H,1-3,5,11-13,15-16H2,(H,25,29)(H2,24,26,30)/t17-/m0/s1. The van der Waals surface area contributed by atoms with Gasteiger partial charge >= 0.3 is 12.1 Å². The molecule has 2 saturated heterocycles. The number of rotatable bonds is 5. The van der Waals surface area contributed by atoms with Crippen molar-refractivity contribution in [1.82, 2.24) is 15.1 Å². The molecular weight excluding hydrogens is 410 g/mol. The number of urea groups is 2. The van der Waals surface area contributed by atoms with Crippen LogP contribution in [0.25, 0.3) is 0 Å². The number of hydrogen-bond acceptors (Lipinski definition) is 4. The highest BCUT2D eigenvalue weighted by atomic mass is 16.3. The van der Waals surface area contributed by atoms with Crippen LogP contribution in [0, 0.1) is 5.92 Å². The number of hydrogen-bond donors (Lipinski definition) is 3. The largest absolute Gasteiger partial charge is 0.467 e. The van der Waals surface area contributed by atoms with E-state index in [-0.39, 0.29) is 23.9 Å². The van der Waals surface area contributed by atoms with Gasteiger partial charge in [0.1, 0.15) is 5.76 Å². The quantitative estimate of drug-likeness (QED) is 0.663. The number of likely N-dealkylation sites (tertiary alicyclic amines) is 2. The normalized spacial score (nSPS) is 18.3. The number of anilines is 2. The average molecular weight is 440 g/mol. The van der Waals surface area contributed by atoms with E-state index in [1.54, 1.807) is 42.7 Å².